The van der Waals surface area contributed by atoms with Gasteiger partial charge in [-0.3, -0.25) is 9.59 Å². The van der Waals surface area contributed by atoms with E-state index < -0.39 is 18.2 Å². The van der Waals surface area contributed by atoms with Crippen LogP contribution in [0, 0.1) is 0 Å². The molecular weight excluding hydrogens is 434 g/mol. The van der Waals surface area contributed by atoms with E-state index >= 15 is 0 Å². The van der Waals surface area contributed by atoms with Gasteiger partial charge in [0.2, 0.25) is 11.8 Å². The van der Waals surface area contributed by atoms with Crippen LogP contribution in [0.2, 0.25) is 0 Å². The Labute approximate surface area is 198 Å². The molecule has 1 unspecified atom stereocenters. The number of carboxylic acid groups (broad SMARTS) is 1. The number of aryl methyl sites for hydroxylation is 1. The molecule has 34 heavy (non-hydrogen) atoms. The van der Waals surface area contributed by atoms with E-state index in [1.54, 1.807) is 6.08 Å². The lowest BCUT2D eigenvalue weighted by Crippen LogP contribution is -2.44. The predicted octanol–water partition coefficient (Wildman–Crippen LogP) is 2.67. The maximum Gasteiger partial charge on any atom is 0.404 e. The minimum absolute atomic E-state index is 0.0374. The highest BCUT2D eigenvalue weighted by atomic mass is 16.4. The van der Waals surface area contributed by atoms with Crippen molar-refractivity contribution in [3.05, 3.63) is 65.2 Å². The molecule has 0 fully saturated rings. The van der Waals surface area contributed by atoms with Crippen LogP contribution in [0.25, 0.3) is 6.08 Å². The predicted molar refractivity (Wildman–Crippen MR) is 132 cm³/mol. The number of anilines is 2. The largest absolute Gasteiger partial charge is 0.465 e. The van der Waals surface area contributed by atoms with Gasteiger partial charge in [-0.2, -0.15) is 0 Å². The van der Waals surface area contributed by atoms with Gasteiger partial charge in [0.15, 0.2) is 0 Å². The van der Waals surface area contributed by atoms with Crippen molar-refractivity contribution in [2.75, 3.05) is 23.3 Å². The van der Waals surface area contributed by atoms with Crippen LogP contribution in [0.5, 0.6) is 0 Å². The summed E-state index contributed by atoms with van der Waals surface area (Å²) in [4.78, 5) is 36.8. The fourth-order valence-electron chi connectivity index (χ4n) is 3.98. The molecule has 0 aromatic heterocycles. The summed E-state index contributed by atoms with van der Waals surface area (Å²) in [6.07, 6.45) is 2.83. The van der Waals surface area contributed by atoms with Crippen molar-refractivity contribution in [2.24, 2.45) is 11.5 Å². The van der Waals surface area contributed by atoms with Crippen LogP contribution in [0.1, 0.15) is 36.8 Å². The lowest BCUT2D eigenvalue weighted by molar-refractivity contribution is -0.116. The van der Waals surface area contributed by atoms with Crippen LogP contribution in [0.15, 0.2) is 54.1 Å². The quantitative estimate of drug-likeness (QED) is 0.340. The molecule has 0 radical (unpaired) electrons. The number of rotatable bonds is 10. The molecular formula is C25H31N5O4. The van der Waals surface area contributed by atoms with Gasteiger partial charge in [-0.25, -0.2) is 4.79 Å². The van der Waals surface area contributed by atoms with E-state index in [1.165, 1.54) is 0 Å². The number of nitrogens with one attached hydrogen (secondary N) is 2. The Morgan fingerprint density at radius 1 is 1.09 bits per heavy atom. The zero-order valence-corrected chi connectivity index (χ0v) is 19.0. The minimum Gasteiger partial charge on any atom is -0.465 e. The molecule has 0 spiro atoms. The van der Waals surface area contributed by atoms with Crippen LogP contribution in [0.4, 0.5) is 16.2 Å². The Morgan fingerprint density at radius 3 is 2.56 bits per heavy atom. The van der Waals surface area contributed by atoms with Gasteiger partial charge in [-0.05, 0) is 54.7 Å². The Balaban J connectivity index is 1.69. The third-order valence-electron chi connectivity index (χ3n) is 5.66. The van der Waals surface area contributed by atoms with Gasteiger partial charge in [0.1, 0.15) is 0 Å². The number of hydrogen-bond acceptors (Lipinski definition) is 5. The first-order valence-electron chi connectivity index (χ1n) is 11.3. The molecule has 1 heterocycles. The average molecular weight is 466 g/mol. The molecule has 1 aliphatic heterocycles. The monoisotopic (exact) mass is 465 g/mol. The molecule has 9 heteroatoms. The van der Waals surface area contributed by atoms with Gasteiger partial charge in [-0.1, -0.05) is 30.3 Å². The first kappa shape index (κ1) is 24.8. The molecule has 0 saturated heterocycles. The van der Waals surface area contributed by atoms with Crippen LogP contribution < -0.4 is 27.0 Å². The van der Waals surface area contributed by atoms with Crippen molar-refractivity contribution in [3.63, 3.8) is 0 Å². The highest BCUT2D eigenvalue weighted by Crippen LogP contribution is 2.31. The molecule has 9 nitrogen and oxygen atoms in total. The average Bonchev–Trinajstić information content (AvgIpc) is 2.93. The normalized spacial score (nSPS) is 15.0. The highest BCUT2D eigenvalue weighted by molar-refractivity contribution is 5.98. The van der Waals surface area contributed by atoms with Crippen LogP contribution in [0.3, 0.4) is 0 Å². The molecule has 0 saturated carbocycles. The Hall–Kier alpha value is -3.85. The van der Waals surface area contributed by atoms with E-state index in [2.05, 4.69) is 10.6 Å². The topological polar surface area (TPSA) is 151 Å². The lowest BCUT2D eigenvalue weighted by Gasteiger charge is -2.31. The first-order chi connectivity index (χ1) is 16.3. The van der Waals surface area contributed by atoms with Crippen molar-refractivity contribution >= 4 is 35.4 Å². The molecule has 1 atom stereocenters. The van der Waals surface area contributed by atoms with Gasteiger partial charge in [0, 0.05) is 42.9 Å². The van der Waals surface area contributed by atoms with E-state index in [9.17, 15) is 14.4 Å². The maximum atomic E-state index is 12.2. The molecule has 180 valence electrons. The number of benzene rings is 2. The molecule has 7 N–H and O–H groups in total. The number of hydrogen-bond donors (Lipinski definition) is 5. The SMILES string of the molecule is NC(=O)C1=Cc2ccc(CCCC(=O)Nc3ccccc3)cc2N(CCCNC(=O)O)C(N)C1. The van der Waals surface area contributed by atoms with E-state index in [4.69, 9.17) is 16.6 Å². The summed E-state index contributed by atoms with van der Waals surface area (Å²) >= 11 is 0. The van der Waals surface area contributed by atoms with Gasteiger partial charge in [0.05, 0.1) is 6.17 Å². The third kappa shape index (κ3) is 7.08. The summed E-state index contributed by atoms with van der Waals surface area (Å²) in [6, 6.07) is 15.3. The number of para-hydroxylation sites is 1. The van der Waals surface area contributed by atoms with Gasteiger partial charge >= 0.3 is 6.09 Å². The standard InChI is InChI=1S/C25H31N5O4/c26-22-16-19(24(27)32)15-18-11-10-17(14-21(18)30(22)13-5-12-28-25(33)34)6-4-9-23(31)29-20-7-2-1-3-8-20/h1-3,7-8,10-11,14-15,22,28H,4-6,9,12-13,16,26H2,(H2,27,32)(H,29,31)(H,33,34). The molecule has 2 aromatic rings. The summed E-state index contributed by atoms with van der Waals surface area (Å²) < 4.78 is 0. The lowest BCUT2D eigenvalue weighted by atomic mass is 10.0. The summed E-state index contributed by atoms with van der Waals surface area (Å²) in [6.45, 7) is 0.803. The third-order valence-corrected chi connectivity index (χ3v) is 5.66. The summed E-state index contributed by atoms with van der Waals surface area (Å²) in [5.41, 5.74) is 15.9. The number of carbonyl (C=O) groups excluding carboxylic acids is 2. The second-order valence-corrected chi connectivity index (χ2v) is 8.25. The highest BCUT2D eigenvalue weighted by Gasteiger charge is 2.24. The van der Waals surface area contributed by atoms with E-state index in [-0.39, 0.29) is 5.91 Å². The van der Waals surface area contributed by atoms with Crippen molar-refractivity contribution in [2.45, 2.75) is 38.3 Å². The summed E-state index contributed by atoms with van der Waals surface area (Å²) in [7, 11) is 0. The van der Waals surface area contributed by atoms with Crippen molar-refractivity contribution in [3.8, 4) is 0 Å². The number of primary amides is 1. The zero-order chi connectivity index (χ0) is 24.5. The number of nitrogens with two attached hydrogens (primary N) is 2. The Kier molecular flexibility index (Phi) is 8.64. The van der Waals surface area contributed by atoms with E-state index in [1.807, 2.05) is 53.4 Å². The zero-order valence-electron chi connectivity index (χ0n) is 19.0. The number of fused-ring (bicyclic) bond motifs is 1. The summed E-state index contributed by atoms with van der Waals surface area (Å²) in [5.74, 6) is -0.547. The summed E-state index contributed by atoms with van der Waals surface area (Å²) in [5, 5.41) is 14.1. The maximum absolute atomic E-state index is 12.2. The van der Waals surface area contributed by atoms with Crippen molar-refractivity contribution in [1.82, 2.24) is 5.32 Å². The minimum atomic E-state index is -1.07. The second kappa shape index (κ2) is 11.9. The molecule has 1 aliphatic rings. The molecule has 0 bridgehead atoms. The van der Waals surface area contributed by atoms with Crippen molar-refractivity contribution < 1.29 is 19.5 Å². The molecule has 3 rings (SSSR count). The first-order valence-corrected chi connectivity index (χ1v) is 11.3. The van der Waals surface area contributed by atoms with Crippen molar-refractivity contribution in [1.29, 1.82) is 0 Å². The number of nitrogens with zero attached hydrogens (tertiary/aromatic N) is 1. The van der Waals surface area contributed by atoms with Gasteiger partial charge < -0.3 is 32.1 Å². The Morgan fingerprint density at radius 2 is 1.85 bits per heavy atom. The van der Waals surface area contributed by atoms with E-state index in [0.717, 1.165) is 22.5 Å². The number of carbonyl (C=O) groups is 3. The molecule has 2 aromatic carbocycles. The van der Waals surface area contributed by atoms with Crippen LogP contribution >= 0.6 is 0 Å². The van der Waals surface area contributed by atoms with E-state index in [0.29, 0.717) is 50.8 Å². The number of amides is 3. The fraction of sp³-hybridized carbons (Fsp3) is 0.320. The van der Waals surface area contributed by atoms with Gasteiger partial charge in [-0.15, -0.1) is 0 Å². The molecule has 0 aliphatic carbocycles. The fourth-order valence-corrected chi connectivity index (χ4v) is 3.98. The smallest absolute Gasteiger partial charge is 0.404 e. The molecule has 3 amide bonds. The Bertz CT molecular complexity index is 1050. The second-order valence-electron chi connectivity index (χ2n) is 8.25. The van der Waals surface area contributed by atoms with Gasteiger partial charge in [0.25, 0.3) is 0 Å². The van der Waals surface area contributed by atoms with Crippen LogP contribution in [-0.2, 0) is 16.0 Å². The van der Waals surface area contributed by atoms with Crippen LogP contribution in [-0.4, -0.2) is 42.3 Å².